The van der Waals surface area contributed by atoms with Crippen molar-refractivity contribution in [3.05, 3.63) is 59.9 Å². The predicted octanol–water partition coefficient (Wildman–Crippen LogP) is 2.73. The molecule has 0 saturated carbocycles. The van der Waals surface area contributed by atoms with E-state index in [1.807, 2.05) is 61.2 Å². The van der Waals surface area contributed by atoms with Crippen LogP contribution in [0.3, 0.4) is 0 Å². The van der Waals surface area contributed by atoms with Crippen molar-refractivity contribution < 1.29 is 14.3 Å². The monoisotopic (exact) mass is 383 g/mol. The second-order valence-corrected chi connectivity index (χ2v) is 7.37. The van der Waals surface area contributed by atoms with E-state index in [0.717, 1.165) is 17.0 Å². The lowest BCUT2D eigenvalue weighted by Crippen LogP contribution is -2.50. The van der Waals surface area contributed by atoms with E-state index in [0.29, 0.717) is 32.7 Å². The van der Waals surface area contributed by atoms with E-state index in [4.69, 9.17) is 9.47 Å². The number of hydrogen-bond acceptors (Lipinski definition) is 5. The third-order valence-corrected chi connectivity index (χ3v) is 4.81. The first-order valence-corrected chi connectivity index (χ1v) is 9.72. The first kappa shape index (κ1) is 20.3. The van der Waals surface area contributed by atoms with E-state index in [-0.39, 0.29) is 18.1 Å². The zero-order valence-electron chi connectivity index (χ0n) is 16.9. The summed E-state index contributed by atoms with van der Waals surface area (Å²) >= 11 is 0. The Bertz CT molecular complexity index is 741. The highest BCUT2D eigenvalue weighted by Gasteiger charge is 2.27. The van der Waals surface area contributed by atoms with Gasteiger partial charge in [-0.25, -0.2) is 0 Å². The quantitative estimate of drug-likeness (QED) is 0.736. The van der Waals surface area contributed by atoms with Gasteiger partial charge in [0.2, 0.25) is 5.91 Å². The van der Waals surface area contributed by atoms with Crippen LogP contribution >= 0.6 is 0 Å². The first-order valence-electron chi connectivity index (χ1n) is 9.72. The summed E-state index contributed by atoms with van der Waals surface area (Å²) in [5.74, 6) is 0.957. The van der Waals surface area contributed by atoms with Crippen LogP contribution in [0.5, 0.6) is 5.75 Å². The third kappa shape index (κ3) is 5.78. The maximum absolute atomic E-state index is 13.0. The summed E-state index contributed by atoms with van der Waals surface area (Å²) in [5, 5.41) is 0. The number of amides is 1. The number of aromatic nitrogens is 1. The number of benzene rings is 1. The molecule has 0 spiro atoms. The fourth-order valence-electron chi connectivity index (χ4n) is 3.55. The average Bonchev–Trinajstić information content (AvgIpc) is 2.68. The van der Waals surface area contributed by atoms with E-state index in [1.165, 1.54) is 0 Å². The van der Waals surface area contributed by atoms with Crippen LogP contribution in [0, 0.1) is 0 Å². The summed E-state index contributed by atoms with van der Waals surface area (Å²) in [6.45, 7) is 6.95. The molecule has 6 nitrogen and oxygen atoms in total. The van der Waals surface area contributed by atoms with Crippen molar-refractivity contribution in [3.63, 3.8) is 0 Å². The van der Waals surface area contributed by atoms with E-state index in [1.54, 1.807) is 13.3 Å². The van der Waals surface area contributed by atoms with Crippen molar-refractivity contribution in [3.8, 4) is 5.75 Å². The lowest BCUT2D eigenvalue weighted by Gasteiger charge is -2.36. The second kappa shape index (κ2) is 9.66. The van der Waals surface area contributed by atoms with Crippen molar-refractivity contribution >= 4 is 5.91 Å². The van der Waals surface area contributed by atoms with Crippen LogP contribution < -0.4 is 4.74 Å². The molecule has 1 amide bonds. The van der Waals surface area contributed by atoms with Gasteiger partial charge in [-0.3, -0.25) is 14.7 Å². The largest absolute Gasteiger partial charge is 0.497 e. The molecule has 0 aliphatic carbocycles. The standard InChI is InChI=1S/C22H29N3O3/c1-17-12-25(13-18(2)28-17)22(26)16-24(15-20-6-4-5-11-23-20)14-19-7-9-21(27-3)10-8-19/h4-11,17-18H,12-16H2,1-3H3/t17-,18+. The molecule has 1 aliphatic rings. The third-order valence-electron chi connectivity index (χ3n) is 4.81. The smallest absolute Gasteiger partial charge is 0.236 e. The summed E-state index contributed by atoms with van der Waals surface area (Å²) in [7, 11) is 1.66. The minimum Gasteiger partial charge on any atom is -0.497 e. The molecule has 1 aromatic carbocycles. The van der Waals surface area contributed by atoms with Crippen molar-refractivity contribution in [1.29, 1.82) is 0 Å². The number of methoxy groups -OCH3 is 1. The highest BCUT2D eigenvalue weighted by atomic mass is 16.5. The Kier molecular flexibility index (Phi) is 7.01. The molecule has 1 aliphatic heterocycles. The molecule has 1 saturated heterocycles. The van der Waals surface area contributed by atoms with Gasteiger partial charge >= 0.3 is 0 Å². The van der Waals surface area contributed by atoms with E-state index in [2.05, 4.69) is 9.88 Å². The van der Waals surface area contributed by atoms with Gasteiger partial charge in [0.1, 0.15) is 5.75 Å². The first-order chi connectivity index (χ1) is 13.5. The van der Waals surface area contributed by atoms with E-state index < -0.39 is 0 Å². The minimum atomic E-state index is 0.0681. The lowest BCUT2D eigenvalue weighted by molar-refractivity contribution is -0.144. The summed E-state index contributed by atoms with van der Waals surface area (Å²) in [6.07, 6.45) is 1.92. The van der Waals surface area contributed by atoms with Crippen LogP contribution in [0.25, 0.3) is 0 Å². The summed E-state index contributed by atoms with van der Waals surface area (Å²) in [6, 6.07) is 13.8. The van der Waals surface area contributed by atoms with Crippen LogP contribution in [0.1, 0.15) is 25.1 Å². The molecule has 1 aromatic heterocycles. The molecule has 1 fully saturated rings. The minimum absolute atomic E-state index is 0.0681. The summed E-state index contributed by atoms with van der Waals surface area (Å²) < 4.78 is 11.0. The van der Waals surface area contributed by atoms with Crippen LogP contribution in [0.4, 0.5) is 0 Å². The van der Waals surface area contributed by atoms with Gasteiger partial charge in [0, 0.05) is 32.4 Å². The molecule has 2 aromatic rings. The van der Waals surface area contributed by atoms with Gasteiger partial charge in [-0.2, -0.15) is 0 Å². The van der Waals surface area contributed by atoms with Gasteiger partial charge in [-0.15, -0.1) is 0 Å². The molecule has 28 heavy (non-hydrogen) atoms. The van der Waals surface area contributed by atoms with Crippen LogP contribution in [-0.4, -0.2) is 59.6 Å². The molecule has 3 rings (SSSR count). The highest BCUT2D eigenvalue weighted by molar-refractivity contribution is 5.78. The SMILES string of the molecule is COc1ccc(CN(CC(=O)N2C[C@@H](C)O[C@@H](C)C2)Cc2ccccn2)cc1. The Morgan fingerprint density at radius 1 is 1.14 bits per heavy atom. The van der Waals surface area contributed by atoms with Crippen LogP contribution in [0.15, 0.2) is 48.7 Å². The number of carbonyl (C=O) groups is 1. The molecule has 2 atom stereocenters. The Labute approximate surface area is 167 Å². The van der Waals surface area contributed by atoms with Crippen LogP contribution in [0.2, 0.25) is 0 Å². The molecular weight excluding hydrogens is 354 g/mol. The van der Waals surface area contributed by atoms with Gasteiger partial charge in [0.15, 0.2) is 0 Å². The normalized spacial score (nSPS) is 19.6. The number of hydrogen-bond donors (Lipinski definition) is 0. The van der Waals surface area contributed by atoms with Gasteiger partial charge in [-0.1, -0.05) is 18.2 Å². The fourth-order valence-corrected chi connectivity index (χ4v) is 3.55. The number of ether oxygens (including phenoxy) is 2. The Balaban J connectivity index is 1.70. The van der Waals surface area contributed by atoms with Crippen molar-refractivity contribution in [1.82, 2.24) is 14.8 Å². The van der Waals surface area contributed by atoms with Gasteiger partial charge < -0.3 is 14.4 Å². The summed E-state index contributed by atoms with van der Waals surface area (Å²) in [4.78, 5) is 21.4. The zero-order chi connectivity index (χ0) is 19.9. The molecule has 0 unspecified atom stereocenters. The number of carbonyl (C=O) groups excluding carboxylic acids is 1. The second-order valence-electron chi connectivity index (χ2n) is 7.37. The van der Waals surface area contributed by atoms with Crippen molar-refractivity contribution in [2.75, 3.05) is 26.7 Å². The molecule has 6 heteroatoms. The van der Waals surface area contributed by atoms with E-state index in [9.17, 15) is 4.79 Å². The lowest BCUT2D eigenvalue weighted by atomic mass is 10.2. The average molecular weight is 383 g/mol. The fraction of sp³-hybridized carbons (Fsp3) is 0.455. The Hall–Kier alpha value is -2.44. The number of rotatable bonds is 7. The maximum Gasteiger partial charge on any atom is 0.236 e. The van der Waals surface area contributed by atoms with Crippen LogP contribution in [-0.2, 0) is 22.6 Å². The van der Waals surface area contributed by atoms with Gasteiger partial charge in [0.25, 0.3) is 0 Å². The molecule has 2 heterocycles. The Morgan fingerprint density at radius 3 is 2.46 bits per heavy atom. The molecule has 0 radical (unpaired) electrons. The van der Waals surface area contributed by atoms with Crippen molar-refractivity contribution in [2.24, 2.45) is 0 Å². The molecule has 0 N–H and O–H groups in total. The summed E-state index contributed by atoms with van der Waals surface area (Å²) in [5.41, 5.74) is 2.08. The maximum atomic E-state index is 13.0. The van der Waals surface area contributed by atoms with Crippen molar-refractivity contribution in [2.45, 2.75) is 39.1 Å². The topological polar surface area (TPSA) is 54.9 Å². The predicted molar refractivity (Wildman–Crippen MR) is 108 cm³/mol. The molecule has 0 bridgehead atoms. The zero-order valence-corrected chi connectivity index (χ0v) is 16.9. The molecular formula is C22H29N3O3. The highest BCUT2D eigenvalue weighted by Crippen LogP contribution is 2.16. The molecule has 150 valence electrons. The Morgan fingerprint density at radius 2 is 1.86 bits per heavy atom. The number of pyridine rings is 1. The van der Waals surface area contributed by atoms with Gasteiger partial charge in [0.05, 0.1) is 31.6 Å². The number of morpholine rings is 1. The van der Waals surface area contributed by atoms with E-state index >= 15 is 0 Å². The van der Waals surface area contributed by atoms with Gasteiger partial charge in [-0.05, 0) is 43.7 Å². The number of nitrogens with zero attached hydrogens (tertiary/aromatic N) is 3.